The number of ether oxygens (including phenoxy) is 1. The Balaban J connectivity index is 3.09. The van der Waals surface area contributed by atoms with Crippen molar-refractivity contribution in [1.82, 2.24) is 0 Å². The highest BCUT2D eigenvalue weighted by Crippen LogP contribution is 2.21. The Morgan fingerprint density at radius 1 is 1.44 bits per heavy atom. The van der Waals surface area contributed by atoms with E-state index in [4.69, 9.17) is 10.2 Å². The number of halogens is 1. The smallest absolute Gasteiger partial charge is 0.342 e. The molecule has 0 aliphatic carbocycles. The van der Waals surface area contributed by atoms with Crippen molar-refractivity contribution in [2.75, 3.05) is 0 Å². The summed E-state index contributed by atoms with van der Waals surface area (Å²) < 4.78 is 17.7. The number of esters is 1. The maximum atomic E-state index is 13.1. The summed E-state index contributed by atoms with van der Waals surface area (Å²) >= 11 is 0. The van der Waals surface area contributed by atoms with Crippen LogP contribution in [-0.4, -0.2) is 28.3 Å². The molecule has 1 unspecified atom stereocenters. The third-order valence-electron chi connectivity index (χ3n) is 1.74. The summed E-state index contributed by atoms with van der Waals surface area (Å²) in [5.74, 6) is -4.04. The number of carboxylic acids is 1. The second kappa shape index (κ2) is 4.71. The summed E-state index contributed by atoms with van der Waals surface area (Å²) in [7, 11) is 0. The summed E-state index contributed by atoms with van der Waals surface area (Å²) in [6.07, 6.45) is -1.41. The van der Waals surface area contributed by atoms with Crippen LogP contribution >= 0.6 is 0 Å². The van der Waals surface area contributed by atoms with Crippen LogP contribution in [0.2, 0.25) is 0 Å². The highest BCUT2D eigenvalue weighted by atomic mass is 19.1. The van der Waals surface area contributed by atoms with E-state index in [-0.39, 0.29) is 0 Å². The van der Waals surface area contributed by atoms with Gasteiger partial charge in [-0.05, 0) is 19.1 Å². The summed E-state index contributed by atoms with van der Waals surface area (Å²) in [5.41, 5.74) is -0.739. The van der Waals surface area contributed by atoms with Crippen LogP contribution in [0.5, 0.6) is 5.75 Å². The van der Waals surface area contributed by atoms with Gasteiger partial charge in [0.2, 0.25) is 0 Å². The minimum atomic E-state index is -1.55. The average molecular weight is 228 g/mol. The van der Waals surface area contributed by atoms with Gasteiger partial charge in [0.25, 0.3) is 0 Å². The number of carbonyl (C=O) groups is 2. The van der Waals surface area contributed by atoms with Gasteiger partial charge in [0, 0.05) is 0 Å². The van der Waals surface area contributed by atoms with Gasteiger partial charge >= 0.3 is 11.9 Å². The fourth-order valence-electron chi connectivity index (χ4n) is 0.991. The van der Waals surface area contributed by atoms with Crippen molar-refractivity contribution in [1.29, 1.82) is 0 Å². The van der Waals surface area contributed by atoms with Crippen molar-refractivity contribution in [3.63, 3.8) is 0 Å². The fraction of sp³-hybridized carbons (Fsp3) is 0.200. The Kier molecular flexibility index (Phi) is 3.57. The summed E-state index contributed by atoms with van der Waals surface area (Å²) in [5, 5.41) is 17.6. The molecule has 2 N–H and O–H groups in total. The lowest BCUT2D eigenvalue weighted by Crippen LogP contribution is -2.23. The molecule has 0 spiro atoms. The first-order chi connectivity index (χ1) is 7.43. The predicted molar refractivity (Wildman–Crippen MR) is 50.7 cm³/mol. The van der Waals surface area contributed by atoms with E-state index in [0.717, 1.165) is 19.1 Å². The maximum absolute atomic E-state index is 13.1. The zero-order valence-electron chi connectivity index (χ0n) is 8.31. The van der Waals surface area contributed by atoms with Crippen LogP contribution in [0, 0.1) is 5.82 Å². The van der Waals surface area contributed by atoms with Crippen molar-refractivity contribution >= 4 is 11.9 Å². The molecular formula is C10H9FO5. The van der Waals surface area contributed by atoms with Gasteiger partial charge in [0.1, 0.15) is 23.2 Å². The van der Waals surface area contributed by atoms with E-state index in [1.54, 1.807) is 0 Å². The molecule has 0 amide bonds. The monoisotopic (exact) mass is 228 g/mol. The molecule has 1 aromatic rings. The van der Waals surface area contributed by atoms with Crippen molar-refractivity contribution in [3.05, 3.63) is 29.6 Å². The van der Waals surface area contributed by atoms with E-state index in [0.29, 0.717) is 0 Å². The maximum Gasteiger partial charge on any atom is 0.342 e. The molecule has 16 heavy (non-hydrogen) atoms. The van der Waals surface area contributed by atoms with E-state index in [2.05, 4.69) is 4.74 Å². The molecule has 86 valence electrons. The Labute approximate surface area is 90.1 Å². The molecule has 6 heteroatoms. The second-order valence-corrected chi connectivity index (χ2v) is 3.02. The van der Waals surface area contributed by atoms with Crippen LogP contribution in [0.4, 0.5) is 4.39 Å². The first-order valence-electron chi connectivity index (χ1n) is 4.35. The fourth-order valence-corrected chi connectivity index (χ4v) is 0.991. The van der Waals surface area contributed by atoms with Crippen molar-refractivity contribution in [2.45, 2.75) is 13.0 Å². The lowest BCUT2D eigenvalue weighted by Gasteiger charge is -2.08. The molecular weight excluding hydrogens is 219 g/mol. The van der Waals surface area contributed by atoms with E-state index < -0.39 is 35.2 Å². The molecule has 5 nitrogen and oxygen atoms in total. The molecule has 0 aromatic heterocycles. The number of hydrogen-bond donors (Lipinski definition) is 2. The number of aliphatic hydroxyl groups excluding tert-OH is 1. The Morgan fingerprint density at radius 3 is 2.56 bits per heavy atom. The molecule has 0 saturated carbocycles. The van der Waals surface area contributed by atoms with Gasteiger partial charge in [-0.2, -0.15) is 0 Å². The quantitative estimate of drug-likeness (QED) is 0.590. The topological polar surface area (TPSA) is 83.8 Å². The molecule has 0 radical (unpaired) electrons. The van der Waals surface area contributed by atoms with Gasteiger partial charge in [-0.1, -0.05) is 6.07 Å². The summed E-state index contributed by atoms with van der Waals surface area (Å²) in [4.78, 5) is 21.7. The van der Waals surface area contributed by atoms with Crippen LogP contribution in [0.15, 0.2) is 18.2 Å². The minimum Gasteiger partial charge on any atom is -0.477 e. The van der Waals surface area contributed by atoms with Crippen molar-refractivity contribution in [2.24, 2.45) is 0 Å². The molecule has 0 fully saturated rings. The number of hydrogen-bond acceptors (Lipinski definition) is 4. The van der Waals surface area contributed by atoms with Crippen molar-refractivity contribution < 1.29 is 28.9 Å². The Hall–Kier alpha value is -1.95. The average Bonchev–Trinajstić information content (AvgIpc) is 2.16. The number of benzene rings is 1. The molecule has 1 aromatic carbocycles. The van der Waals surface area contributed by atoms with Gasteiger partial charge in [-0.15, -0.1) is 0 Å². The number of carboxylic acid groups (broad SMARTS) is 1. The van der Waals surface area contributed by atoms with Crippen LogP contribution in [0.1, 0.15) is 17.3 Å². The number of aliphatic hydroxyl groups is 1. The molecule has 0 heterocycles. The lowest BCUT2D eigenvalue weighted by atomic mass is 10.2. The molecule has 0 saturated heterocycles. The van der Waals surface area contributed by atoms with E-state index in [9.17, 15) is 14.0 Å². The normalized spacial score (nSPS) is 11.9. The largest absolute Gasteiger partial charge is 0.477 e. The third kappa shape index (κ3) is 2.54. The third-order valence-corrected chi connectivity index (χ3v) is 1.74. The first-order valence-corrected chi connectivity index (χ1v) is 4.35. The standard InChI is InChI=1S/C10H9FO5/c1-5(12)10(15)16-7-4-2-3-6(11)8(7)9(13)14/h2-5,12H,1H3,(H,13,14). The van der Waals surface area contributed by atoms with Crippen LogP contribution in [0.25, 0.3) is 0 Å². The highest BCUT2D eigenvalue weighted by Gasteiger charge is 2.20. The van der Waals surface area contributed by atoms with Crippen molar-refractivity contribution in [3.8, 4) is 5.75 Å². The van der Waals surface area contributed by atoms with E-state index in [1.165, 1.54) is 6.07 Å². The number of rotatable bonds is 3. The predicted octanol–water partition coefficient (Wildman–Crippen LogP) is 0.810. The highest BCUT2D eigenvalue weighted by molar-refractivity contribution is 5.92. The molecule has 0 aliphatic heterocycles. The van der Waals surface area contributed by atoms with Gasteiger partial charge in [-0.3, -0.25) is 0 Å². The molecule has 1 atom stereocenters. The van der Waals surface area contributed by atoms with Gasteiger partial charge in [-0.25, -0.2) is 14.0 Å². The zero-order valence-corrected chi connectivity index (χ0v) is 8.31. The Bertz CT molecular complexity index is 427. The van der Waals surface area contributed by atoms with E-state index >= 15 is 0 Å². The van der Waals surface area contributed by atoms with Crippen LogP contribution < -0.4 is 4.74 Å². The van der Waals surface area contributed by atoms with E-state index in [1.807, 2.05) is 0 Å². The van der Waals surface area contributed by atoms with Crippen LogP contribution in [0.3, 0.4) is 0 Å². The first kappa shape index (κ1) is 12.1. The molecule has 1 rings (SSSR count). The second-order valence-electron chi connectivity index (χ2n) is 3.02. The lowest BCUT2D eigenvalue weighted by molar-refractivity contribution is -0.142. The minimum absolute atomic E-state index is 0.432. The van der Waals surface area contributed by atoms with Gasteiger partial charge < -0.3 is 14.9 Å². The molecule has 0 aliphatic rings. The number of carbonyl (C=O) groups excluding carboxylic acids is 1. The Morgan fingerprint density at radius 2 is 2.06 bits per heavy atom. The molecule has 0 bridgehead atoms. The van der Waals surface area contributed by atoms with Crippen LogP contribution in [-0.2, 0) is 4.79 Å². The van der Waals surface area contributed by atoms with Gasteiger partial charge in [0.05, 0.1) is 0 Å². The number of aromatic carboxylic acids is 1. The summed E-state index contributed by atoms with van der Waals surface area (Å²) in [6, 6.07) is 3.27. The van der Waals surface area contributed by atoms with Gasteiger partial charge in [0.15, 0.2) is 0 Å². The summed E-state index contributed by atoms with van der Waals surface area (Å²) in [6.45, 7) is 1.15. The zero-order chi connectivity index (χ0) is 12.3. The SMILES string of the molecule is CC(O)C(=O)Oc1cccc(F)c1C(=O)O.